The molecular weight excluding hydrogens is 358 g/mol. The molecule has 1 atom stereocenters. The molecule has 1 fully saturated rings. The summed E-state index contributed by atoms with van der Waals surface area (Å²) in [5.74, 6) is 2.20. The molecule has 1 aliphatic heterocycles. The van der Waals surface area contributed by atoms with Crippen LogP contribution in [0, 0.1) is 0 Å². The maximum atomic E-state index is 12.6. The third kappa shape index (κ3) is 3.60. The van der Waals surface area contributed by atoms with Gasteiger partial charge in [-0.1, -0.05) is 0 Å². The number of aryl methyl sites for hydroxylation is 1. The normalized spacial score (nSPS) is 17.8. The highest BCUT2D eigenvalue weighted by Crippen LogP contribution is 2.30. The Morgan fingerprint density at radius 2 is 2.04 bits per heavy atom. The predicted molar refractivity (Wildman–Crippen MR) is 106 cm³/mol. The summed E-state index contributed by atoms with van der Waals surface area (Å²) in [4.78, 5) is 22.5. The van der Waals surface area contributed by atoms with Crippen LogP contribution in [-0.4, -0.2) is 52.0 Å². The van der Waals surface area contributed by atoms with Gasteiger partial charge in [0.1, 0.15) is 5.82 Å². The minimum atomic E-state index is -0.165. The Kier molecular flexibility index (Phi) is 5.04. The van der Waals surface area contributed by atoms with Gasteiger partial charge in [-0.3, -0.25) is 14.4 Å². The number of ether oxygens (including phenoxy) is 2. The molecule has 0 radical (unpaired) electrons. The van der Waals surface area contributed by atoms with Gasteiger partial charge in [0.25, 0.3) is 5.56 Å². The Balaban J connectivity index is 1.58. The van der Waals surface area contributed by atoms with Crippen molar-refractivity contribution in [2.75, 3.05) is 27.3 Å². The van der Waals surface area contributed by atoms with E-state index < -0.39 is 0 Å². The molecule has 1 aromatic carbocycles. The van der Waals surface area contributed by atoms with Crippen molar-refractivity contribution in [2.45, 2.75) is 25.3 Å². The summed E-state index contributed by atoms with van der Waals surface area (Å²) in [5.41, 5.74) is 1.71. The molecule has 1 saturated heterocycles. The zero-order valence-corrected chi connectivity index (χ0v) is 16.4. The number of benzene rings is 1. The molecule has 8 heteroatoms. The Morgan fingerprint density at radius 3 is 2.75 bits per heavy atom. The Morgan fingerprint density at radius 1 is 1.25 bits per heavy atom. The first kappa shape index (κ1) is 18.5. The van der Waals surface area contributed by atoms with Crippen molar-refractivity contribution in [2.24, 2.45) is 7.05 Å². The van der Waals surface area contributed by atoms with Crippen molar-refractivity contribution < 1.29 is 9.47 Å². The molecule has 1 N–H and O–H groups in total. The van der Waals surface area contributed by atoms with Crippen molar-refractivity contribution in [1.29, 1.82) is 0 Å². The smallest absolute Gasteiger partial charge is 0.258 e. The lowest BCUT2D eigenvalue weighted by Crippen LogP contribution is -2.34. The standard InChI is InChI=1S/C20H25N5O3/c1-24-10-14(9-21-24)13-5-4-6-25(11-13)12-19-22-16-8-18(28-3)17(27-2)7-15(16)20(26)23-19/h7-10,13H,4-6,11-12H2,1-3H3,(H,22,23,26). The van der Waals surface area contributed by atoms with Crippen molar-refractivity contribution in [3.05, 3.63) is 46.3 Å². The topological polar surface area (TPSA) is 85.3 Å². The van der Waals surface area contributed by atoms with E-state index in [1.165, 1.54) is 5.56 Å². The first-order chi connectivity index (χ1) is 13.6. The van der Waals surface area contributed by atoms with Crippen molar-refractivity contribution in [3.63, 3.8) is 0 Å². The van der Waals surface area contributed by atoms with Crippen LogP contribution >= 0.6 is 0 Å². The average Bonchev–Trinajstić information content (AvgIpc) is 3.13. The van der Waals surface area contributed by atoms with E-state index in [1.54, 1.807) is 26.4 Å². The van der Waals surface area contributed by atoms with E-state index in [1.807, 2.05) is 17.9 Å². The minimum absolute atomic E-state index is 0.165. The Bertz CT molecular complexity index is 1040. The lowest BCUT2D eigenvalue weighted by atomic mass is 9.93. The van der Waals surface area contributed by atoms with Crippen LogP contribution < -0.4 is 15.0 Å². The zero-order chi connectivity index (χ0) is 19.7. The molecule has 0 spiro atoms. The molecule has 0 amide bonds. The molecule has 148 valence electrons. The third-order valence-electron chi connectivity index (χ3n) is 5.33. The van der Waals surface area contributed by atoms with Gasteiger partial charge >= 0.3 is 0 Å². The fraction of sp³-hybridized carbons (Fsp3) is 0.450. The number of hydrogen-bond acceptors (Lipinski definition) is 6. The van der Waals surface area contributed by atoms with Gasteiger partial charge < -0.3 is 14.5 Å². The highest BCUT2D eigenvalue weighted by molar-refractivity contribution is 5.81. The number of H-pyrrole nitrogens is 1. The van der Waals surface area contributed by atoms with Crippen molar-refractivity contribution in [3.8, 4) is 11.5 Å². The summed E-state index contributed by atoms with van der Waals surface area (Å²) in [7, 11) is 5.07. The average molecular weight is 383 g/mol. The number of rotatable bonds is 5. The van der Waals surface area contributed by atoms with Crippen LogP contribution in [0.3, 0.4) is 0 Å². The number of methoxy groups -OCH3 is 2. The van der Waals surface area contributed by atoms with Crippen LogP contribution in [-0.2, 0) is 13.6 Å². The van der Waals surface area contributed by atoms with Gasteiger partial charge in [-0.25, -0.2) is 4.98 Å². The van der Waals surface area contributed by atoms with E-state index in [0.717, 1.165) is 25.9 Å². The summed E-state index contributed by atoms with van der Waals surface area (Å²) < 4.78 is 12.5. The summed E-state index contributed by atoms with van der Waals surface area (Å²) in [6.45, 7) is 2.53. The number of nitrogens with one attached hydrogen (secondary N) is 1. The largest absolute Gasteiger partial charge is 0.493 e. The zero-order valence-electron chi connectivity index (χ0n) is 16.4. The first-order valence-electron chi connectivity index (χ1n) is 9.43. The first-order valence-corrected chi connectivity index (χ1v) is 9.43. The summed E-state index contributed by atoms with van der Waals surface area (Å²) in [6.07, 6.45) is 6.30. The SMILES string of the molecule is COc1cc2nc(CN3CCCC(c4cnn(C)c4)C3)[nH]c(=O)c2cc1OC. The third-order valence-corrected chi connectivity index (χ3v) is 5.33. The van der Waals surface area contributed by atoms with E-state index in [-0.39, 0.29) is 5.56 Å². The number of likely N-dealkylation sites (tertiary alicyclic amines) is 1. The van der Waals surface area contributed by atoms with E-state index >= 15 is 0 Å². The molecule has 28 heavy (non-hydrogen) atoms. The maximum absolute atomic E-state index is 12.6. The molecule has 3 heterocycles. The van der Waals surface area contributed by atoms with Crippen LogP contribution in [0.5, 0.6) is 11.5 Å². The van der Waals surface area contributed by atoms with Gasteiger partial charge in [-0.15, -0.1) is 0 Å². The van der Waals surface area contributed by atoms with Crippen LogP contribution in [0.2, 0.25) is 0 Å². The molecule has 0 aliphatic carbocycles. The van der Waals surface area contributed by atoms with E-state index in [2.05, 4.69) is 26.2 Å². The molecule has 1 aliphatic rings. The summed E-state index contributed by atoms with van der Waals surface area (Å²) >= 11 is 0. The Labute approximate surface area is 163 Å². The minimum Gasteiger partial charge on any atom is -0.493 e. The highest BCUT2D eigenvalue weighted by Gasteiger charge is 2.23. The van der Waals surface area contributed by atoms with Gasteiger partial charge in [0, 0.05) is 25.9 Å². The monoisotopic (exact) mass is 383 g/mol. The summed E-state index contributed by atoms with van der Waals surface area (Å²) in [6, 6.07) is 3.42. The number of hydrogen-bond donors (Lipinski definition) is 1. The lowest BCUT2D eigenvalue weighted by molar-refractivity contribution is 0.196. The molecule has 0 bridgehead atoms. The van der Waals surface area contributed by atoms with Crippen molar-refractivity contribution in [1.82, 2.24) is 24.6 Å². The van der Waals surface area contributed by atoms with Gasteiger partial charge in [0.2, 0.25) is 0 Å². The number of piperidine rings is 1. The maximum Gasteiger partial charge on any atom is 0.258 e. The molecule has 4 rings (SSSR count). The molecule has 8 nitrogen and oxygen atoms in total. The van der Waals surface area contributed by atoms with Gasteiger partial charge in [0.15, 0.2) is 11.5 Å². The number of aromatic amines is 1. The molecule has 3 aromatic rings. The predicted octanol–water partition coefficient (Wildman–Crippen LogP) is 2.05. The number of fused-ring (bicyclic) bond motifs is 1. The van der Waals surface area contributed by atoms with Crippen molar-refractivity contribution >= 4 is 10.9 Å². The fourth-order valence-corrected chi connectivity index (χ4v) is 3.92. The second-order valence-electron chi connectivity index (χ2n) is 7.26. The molecule has 1 unspecified atom stereocenters. The van der Waals surface area contributed by atoms with Crippen LogP contribution in [0.25, 0.3) is 10.9 Å². The summed E-state index contributed by atoms with van der Waals surface area (Å²) in [5, 5.41) is 4.79. The fourth-order valence-electron chi connectivity index (χ4n) is 3.92. The van der Waals surface area contributed by atoms with E-state index in [4.69, 9.17) is 9.47 Å². The number of nitrogens with zero attached hydrogens (tertiary/aromatic N) is 4. The van der Waals surface area contributed by atoms with Crippen LogP contribution in [0.4, 0.5) is 0 Å². The molecule has 2 aromatic heterocycles. The molecular formula is C20H25N5O3. The molecule has 0 saturated carbocycles. The second-order valence-corrected chi connectivity index (χ2v) is 7.26. The van der Waals surface area contributed by atoms with E-state index in [0.29, 0.717) is 40.7 Å². The Hall–Kier alpha value is -2.87. The van der Waals surface area contributed by atoms with Crippen LogP contribution in [0.1, 0.15) is 30.1 Å². The lowest BCUT2D eigenvalue weighted by Gasteiger charge is -2.31. The second kappa shape index (κ2) is 7.63. The van der Waals surface area contributed by atoms with E-state index in [9.17, 15) is 4.79 Å². The number of aromatic nitrogens is 4. The quantitative estimate of drug-likeness (QED) is 0.726. The highest BCUT2D eigenvalue weighted by atomic mass is 16.5. The van der Waals surface area contributed by atoms with Gasteiger partial charge in [-0.2, -0.15) is 5.10 Å². The van der Waals surface area contributed by atoms with Crippen LogP contribution in [0.15, 0.2) is 29.3 Å². The van der Waals surface area contributed by atoms with Gasteiger partial charge in [0.05, 0.1) is 37.9 Å². The van der Waals surface area contributed by atoms with Gasteiger partial charge in [-0.05, 0) is 36.9 Å².